The van der Waals surface area contributed by atoms with Crippen LogP contribution >= 0.6 is 0 Å². The van der Waals surface area contributed by atoms with Crippen LogP contribution in [0.25, 0.3) is 0 Å². The number of allylic oxidation sites excluding steroid dienone is 1. The molecule has 7 heteroatoms. The molecule has 25 heavy (non-hydrogen) atoms. The van der Waals surface area contributed by atoms with Gasteiger partial charge in [0, 0.05) is 45.3 Å². The van der Waals surface area contributed by atoms with Crippen molar-refractivity contribution in [3.63, 3.8) is 0 Å². The van der Waals surface area contributed by atoms with Gasteiger partial charge in [0.15, 0.2) is 0 Å². The van der Waals surface area contributed by atoms with Crippen LogP contribution in [0.4, 0.5) is 4.70 Å². The number of rotatable bonds is 6. The highest BCUT2D eigenvalue weighted by atomic mass is 19.0. The van der Waals surface area contributed by atoms with Gasteiger partial charge < -0.3 is 19.6 Å². The normalized spacial score (nSPS) is 21.0. The van der Waals surface area contributed by atoms with Crippen LogP contribution in [-0.4, -0.2) is 90.1 Å². The van der Waals surface area contributed by atoms with Crippen LogP contribution < -0.4 is 0 Å². The lowest BCUT2D eigenvalue weighted by molar-refractivity contribution is -0.117. The average molecular weight is 352 g/mol. The highest BCUT2D eigenvalue weighted by Crippen LogP contribution is 2.33. The molecule has 3 fully saturated rings. The summed E-state index contributed by atoms with van der Waals surface area (Å²) in [6, 6.07) is 0. The molecule has 4 aliphatic rings. The fourth-order valence-corrected chi connectivity index (χ4v) is 2.95. The van der Waals surface area contributed by atoms with E-state index in [4.69, 9.17) is 0 Å². The maximum absolute atomic E-state index is 12.4. The van der Waals surface area contributed by atoms with Gasteiger partial charge in [-0.1, -0.05) is 20.8 Å². The molecule has 0 atom stereocenters. The first kappa shape index (κ1) is 19.4. The number of hydrogen-bond acceptors (Lipinski definition) is 6. The summed E-state index contributed by atoms with van der Waals surface area (Å²) in [6.45, 7) is 15.5. The van der Waals surface area contributed by atoms with Crippen molar-refractivity contribution >= 4 is 11.6 Å². The van der Waals surface area contributed by atoms with Crippen molar-refractivity contribution in [3.05, 3.63) is 23.2 Å². The second kappa shape index (κ2) is 7.99. The summed E-state index contributed by atoms with van der Waals surface area (Å²) < 4.78 is 0. The third kappa shape index (κ3) is 4.39. The zero-order chi connectivity index (χ0) is 17.3. The molecule has 0 N–H and O–H groups in total. The molecular formula is C18H29FN4O2. The average Bonchev–Trinajstić information content (AvgIpc) is 3.39. The molecule has 0 aromatic carbocycles. The number of halogens is 1. The molecule has 0 aromatic heterocycles. The third-order valence-corrected chi connectivity index (χ3v) is 4.83. The number of Topliss-reactive ketones (excluding diaryl/α,β-unsaturated/α-hetero) is 1. The highest BCUT2D eigenvalue weighted by Gasteiger charge is 2.43. The van der Waals surface area contributed by atoms with Gasteiger partial charge in [-0.25, -0.2) is 0 Å². The van der Waals surface area contributed by atoms with E-state index < -0.39 is 0 Å². The fourth-order valence-electron chi connectivity index (χ4n) is 2.95. The van der Waals surface area contributed by atoms with E-state index in [0.717, 1.165) is 39.3 Å². The van der Waals surface area contributed by atoms with Gasteiger partial charge in [0.2, 0.25) is 11.6 Å². The minimum absolute atomic E-state index is 0. The smallest absolute Gasteiger partial charge is 0.227 e. The van der Waals surface area contributed by atoms with E-state index >= 15 is 0 Å². The largest absolute Gasteiger partial charge is 0.365 e. The Balaban J connectivity index is 0.000000246. The standard InChI is InChI=1S/C12H13N3O2.C6H15N.FH/c16-9-7-8(13-1-2-13)12(17)11(15-5-6-15)10(9)14-3-4-14;1-4-7(5-2)6-3;/h7H,1-6H2;4-6H2,1-3H3;1H. The summed E-state index contributed by atoms with van der Waals surface area (Å²) in [6.07, 6.45) is 1.52. The van der Waals surface area contributed by atoms with Gasteiger partial charge in [0.25, 0.3) is 0 Å². The predicted molar refractivity (Wildman–Crippen MR) is 95.8 cm³/mol. The van der Waals surface area contributed by atoms with E-state index in [9.17, 15) is 9.59 Å². The molecule has 0 spiro atoms. The molecule has 1 aliphatic carbocycles. The van der Waals surface area contributed by atoms with Crippen molar-refractivity contribution in [2.24, 2.45) is 0 Å². The molecule has 0 bridgehead atoms. The van der Waals surface area contributed by atoms with Crippen LogP contribution in [-0.2, 0) is 9.59 Å². The van der Waals surface area contributed by atoms with Crippen molar-refractivity contribution in [1.29, 1.82) is 0 Å². The van der Waals surface area contributed by atoms with Crippen molar-refractivity contribution in [2.45, 2.75) is 20.8 Å². The SMILES string of the molecule is CCN(CC)CC.F.O=C1C=C(N2CC2)C(=O)C(N2CC2)=C1N1CC1. The van der Waals surface area contributed by atoms with E-state index in [1.807, 2.05) is 14.7 Å². The molecule has 3 heterocycles. The molecule has 0 amide bonds. The lowest BCUT2D eigenvalue weighted by atomic mass is 10.0. The molecule has 0 radical (unpaired) electrons. The fraction of sp³-hybridized carbons (Fsp3) is 0.667. The van der Waals surface area contributed by atoms with Crippen molar-refractivity contribution in [2.75, 3.05) is 58.9 Å². The first-order valence-electron chi connectivity index (χ1n) is 9.12. The second-order valence-electron chi connectivity index (χ2n) is 6.50. The Bertz CT molecular complexity index is 580. The number of carbonyl (C=O) groups excluding carboxylic acids is 2. The lowest BCUT2D eigenvalue weighted by Gasteiger charge is -2.21. The van der Waals surface area contributed by atoms with Gasteiger partial charge in [0.05, 0.1) is 5.70 Å². The Morgan fingerprint density at radius 3 is 1.60 bits per heavy atom. The summed E-state index contributed by atoms with van der Waals surface area (Å²) in [5.74, 6) is 0.0485. The first-order chi connectivity index (χ1) is 11.6. The second-order valence-corrected chi connectivity index (χ2v) is 6.50. The third-order valence-electron chi connectivity index (χ3n) is 4.83. The Morgan fingerprint density at radius 1 is 0.800 bits per heavy atom. The molecular weight excluding hydrogens is 323 g/mol. The molecule has 0 aromatic rings. The zero-order valence-corrected chi connectivity index (χ0v) is 15.5. The molecule has 4 rings (SSSR count). The van der Waals surface area contributed by atoms with Crippen LogP contribution in [0.5, 0.6) is 0 Å². The Labute approximate surface area is 149 Å². The highest BCUT2D eigenvalue weighted by molar-refractivity contribution is 6.22. The number of carbonyl (C=O) groups is 2. The Morgan fingerprint density at radius 2 is 1.24 bits per heavy atom. The van der Waals surface area contributed by atoms with Gasteiger partial charge in [-0.2, -0.15) is 0 Å². The lowest BCUT2D eigenvalue weighted by Crippen LogP contribution is -2.29. The van der Waals surface area contributed by atoms with E-state index in [1.165, 1.54) is 25.7 Å². The minimum Gasteiger partial charge on any atom is -0.365 e. The molecule has 6 nitrogen and oxygen atoms in total. The molecule has 140 valence electrons. The number of ketones is 2. The molecule has 0 unspecified atom stereocenters. The van der Waals surface area contributed by atoms with Crippen molar-refractivity contribution in [3.8, 4) is 0 Å². The predicted octanol–water partition coefficient (Wildman–Crippen LogP) is 0.681. The van der Waals surface area contributed by atoms with Crippen LogP contribution in [0.2, 0.25) is 0 Å². The molecule has 3 saturated heterocycles. The van der Waals surface area contributed by atoms with E-state index in [-0.39, 0.29) is 16.3 Å². The van der Waals surface area contributed by atoms with E-state index in [1.54, 1.807) is 0 Å². The topological polar surface area (TPSA) is 46.4 Å². The van der Waals surface area contributed by atoms with Crippen LogP contribution in [0, 0.1) is 0 Å². The Kier molecular flexibility index (Phi) is 6.21. The maximum Gasteiger partial charge on any atom is 0.227 e. The zero-order valence-electron chi connectivity index (χ0n) is 15.5. The van der Waals surface area contributed by atoms with Gasteiger partial charge >= 0.3 is 0 Å². The van der Waals surface area contributed by atoms with Crippen LogP contribution in [0.3, 0.4) is 0 Å². The van der Waals surface area contributed by atoms with Gasteiger partial charge in [-0.3, -0.25) is 14.3 Å². The monoisotopic (exact) mass is 352 g/mol. The van der Waals surface area contributed by atoms with Gasteiger partial charge in [-0.15, -0.1) is 0 Å². The van der Waals surface area contributed by atoms with Crippen LogP contribution in [0.15, 0.2) is 23.2 Å². The summed E-state index contributed by atoms with van der Waals surface area (Å²) in [5.41, 5.74) is 1.89. The summed E-state index contributed by atoms with van der Waals surface area (Å²) in [4.78, 5) is 32.8. The van der Waals surface area contributed by atoms with E-state index in [0.29, 0.717) is 17.1 Å². The molecule has 0 saturated carbocycles. The van der Waals surface area contributed by atoms with Crippen molar-refractivity contribution in [1.82, 2.24) is 19.6 Å². The Hall–Kier alpha value is -1.89. The van der Waals surface area contributed by atoms with Crippen LogP contribution in [0.1, 0.15) is 20.8 Å². The summed E-state index contributed by atoms with van der Waals surface area (Å²) >= 11 is 0. The number of hydrogen-bond donors (Lipinski definition) is 0. The summed E-state index contributed by atoms with van der Waals surface area (Å²) in [5, 5.41) is 0. The van der Waals surface area contributed by atoms with Gasteiger partial charge in [0.1, 0.15) is 11.4 Å². The number of nitrogens with zero attached hydrogens (tertiary/aromatic N) is 4. The quantitative estimate of drug-likeness (QED) is 0.518. The van der Waals surface area contributed by atoms with Gasteiger partial charge in [-0.05, 0) is 19.6 Å². The maximum atomic E-state index is 12.4. The van der Waals surface area contributed by atoms with Crippen molar-refractivity contribution < 1.29 is 14.3 Å². The minimum atomic E-state index is 0. The van der Waals surface area contributed by atoms with E-state index in [2.05, 4.69) is 25.7 Å². The molecule has 3 aliphatic heterocycles. The first-order valence-corrected chi connectivity index (χ1v) is 9.12. The summed E-state index contributed by atoms with van der Waals surface area (Å²) in [7, 11) is 0.